The Morgan fingerprint density at radius 3 is 2.42 bits per heavy atom. The summed E-state index contributed by atoms with van der Waals surface area (Å²) in [6, 6.07) is 0. The van der Waals surface area contributed by atoms with Crippen molar-refractivity contribution >= 4 is 23.1 Å². The van der Waals surface area contributed by atoms with E-state index in [1.54, 1.807) is 0 Å². The molecule has 4 heteroatoms. The van der Waals surface area contributed by atoms with E-state index in [0.29, 0.717) is 5.41 Å². The van der Waals surface area contributed by atoms with Crippen molar-refractivity contribution in [2.24, 2.45) is 5.41 Å². The molecule has 0 spiro atoms. The van der Waals surface area contributed by atoms with Crippen LogP contribution in [0.1, 0.15) is 51.7 Å². The van der Waals surface area contributed by atoms with Gasteiger partial charge in [-0.3, -0.25) is 0 Å². The van der Waals surface area contributed by atoms with Gasteiger partial charge in [-0.25, -0.2) is 4.98 Å². The highest BCUT2D eigenvalue weighted by atomic mass is 32.2. The summed E-state index contributed by atoms with van der Waals surface area (Å²) in [4.78, 5) is 4.96. The Hall–Kier alpha value is -0.0600. The smallest absolute Gasteiger partial charge is 0.114 e. The summed E-state index contributed by atoms with van der Waals surface area (Å²) in [6.07, 6.45) is 1.17. The van der Waals surface area contributed by atoms with Crippen LogP contribution >= 0.6 is 23.1 Å². The lowest BCUT2D eigenvalue weighted by atomic mass is 9.80. The maximum absolute atomic E-state index is 4.96. The van der Waals surface area contributed by atoms with Crippen LogP contribution in [-0.4, -0.2) is 23.5 Å². The molecule has 1 saturated heterocycles. The maximum atomic E-state index is 4.96. The number of hydrogen-bond acceptors (Lipinski definition) is 4. The number of rotatable bonds is 2. The van der Waals surface area contributed by atoms with Crippen molar-refractivity contribution in [3.05, 3.63) is 16.1 Å². The summed E-state index contributed by atoms with van der Waals surface area (Å²) < 4.78 is 0. The van der Waals surface area contributed by atoms with E-state index in [1.807, 2.05) is 23.1 Å². The number of nitrogens with zero attached hydrogens (tertiary/aromatic N) is 1. The second kappa shape index (κ2) is 5.05. The minimum absolute atomic E-state index is 0.0561. The molecule has 1 aromatic heterocycles. The summed E-state index contributed by atoms with van der Waals surface area (Å²) >= 11 is 3.87. The number of nitrogens with one attached hydrogen (secondary N) is 1. The van der Waals surface area contributed by atoms with Gasteiger partial charge in [0.25, 0.3) is 0 Å². The predicted octanol–water partition coefficient (Wildman–Crippen LogP) is 4.02. The van der Waals surface area contributed by atoms with Gasteiger partial charge < -0.3 is 5.32 Å². The second-order valence-corrected chi connectivity index (χ2v) is 9.30. The van der Waals surface area contributed by atoms with E-state index in [-0.39, 0.29) is 11.0 Å². The van der Waals surface area contributed by atoms with Gasteiger partial charge in [0.1, 0.15) is 5.01 Å². The topological polar surface area (TPSA) is 24.9 Å². The van der Waals surface area contributed by atoms with Crippen molar-refractivity contribution in [2.75, 3.05) is 18.6 Å². The third-order valence-electron chi connectivity index (χ3n) is 3.78. The Morgan fingerprint density at radius 2 is 1.95 bits per heavy atom. The lowest BCUT2D eigenvalue weighted by Gasteiger charge is -2.43. The molecule has 1 unspecified atom stereocenters. The summed E-state index contributed by atoms with van der Waals surface area (Å²) in [5.74, 6) is 2.37. The van der Waals surface area contributed by atoms with Crippen molar-refractivity contribution in [1.29, 1.82) is 0 Å². The number of thioether (sulfide) groups is 1. The highest BCUT2D eigenvalue weighted by molar-refractivity contribution is 7.99. The van der Waals surface area contributed by atoms with Crippen LogP contribution in [0, 0.1) is 5.41 Å². The van der Waals surface area contributed by atoms with Gasteiger partial charge in [-0.05, 0) is 24.6 Å². The van der Waals surface area contributed by atoms with Crippen LogP contribution in [0.2, 0.25) is 0 Å². The molecule has 2 nitrogen and oxygen atoms in total. The van der Waals surface area contributed by atoms with E-state index in [0.717, 1.165) is 5.75 Å². The van der Waals surface area contributed by atoms with Crippen molar-refractivity contribution in [2.45, 2.75) is 52.0 Å². The summed E-state index contributed by atoms with van der Waals surface area (Å²) in [5, 5.41) is 7.08. The highest BCUT2D eigenvalue weighted by Crippen LogP contribution is 2.45. The number of hydrogen-bond donors (Lipinski definition) is 1. The molecule has 108 valence electrons. The van der Waals surface area contributed by atoms with Crippen LogP contribution in [-0.2, 0) is 11.0 Å². The summed E-state index contributed by atoms with van der Waals surface area (Å²) in [5.41, 5.74) is 1.79. The predicted molar refractivity (Wildman–Crippen MR) is 87.3 cm³/mol. The van der Waals surface area contributed by atoms with Gasteiger partial charge in [-0.1, -0.05) is 34.6 Å². The zero-order chi connectivity index (χ0) is 14.3. The Morgan fingerprint density at radius 1 is 1.26 bits per heavy atom. The number of thiazole rings is 1. The molecule has 1 atom stereocenters. The molecule has 0 aromatic carbocycles. The monoisotopic (exact) mass is 298 g/mol. The molecular weight excluding hydrogens is 272 g/mol. The fraction of sp³-hybridized carbons (Fsp3) is 0.800. The highest BCUT2D eigenvalue weighted by Gasteiger charge is 2.43. The van der Waals surface area contributed by atoms with E-state index in [1.165, 1.54) is 22.9 Å². The van der Waals surface area contributed by atoms with Gasteiger partial charge in [0.15, 0.2) is 0 Å². The van der Waals surface area contributed by atoms with Crippen molar-refractivity contribution in [1.82, 2.24) is 10.3 Å². The zero-order valence-electron chi connectivity index (χ0n) is 13.0. The van der Waals surface area contributed by atoms with E-state index in [2.05, 4.69) is 52.4 Å². The molecule has 2 heterocycles. The van der Waals surface area contributed by atoms with E-state index in [9.17, 15) is 0 Å². The molecule has 1 N–H and O–H groups in total. The number of aromatic nitrogens is 1. The zero-order valence-corrected chi connectivity index (χ0v) is 14.6. The fourth-order valence-electron chi connectivity index (χ4n) is 2.66. The minimum atomic E-state index is 0.0561. The van der Waals surface area contributed by atoms with Gasteiger partial charge in [-0.15, -0.1) is 11.3 Å². The standard InChI is InChI=1S/C15H26N2S2/c1-13(2,3)11-7-19-12(17-11)15(16-6)8-14(4,5)9-18-10-15/h7,16H,8-10H2,1-6H3. The van der Waals surface area contributed by atoms with E-state index in [4.69, 9.17) is 4.98 Å². The first-order valence-electron chi connectivity index (χ1n) is 6.92. The average Bonchev–Trinajstić information content (AvgIpc) is 2.76. The third-order valence-corrected chi connectivity index (χ3v) is 6.51. The first kappa shape index (κ1) is 15.3. The van der Waals surface area contributed by atoms with Crippen molar-refractivity contribution in [3.8, 4) is 0 Å². The van der Waals surface area contributed by atoms with Crippen LogP contribution in [0.4, 0.5) is 0 Å². The van der Waals surface area contributed by atoms with Gasteiger partial charge in [0, 0.05) is 16.5 Å². The molecule has 0 bridgehead atoms. The molecule has 0 saturated carbocycles. The van der Waals surface area contributed by atoms with E-state index >= 15 is 0 Å². The molecular formula is C15H26N2S2. The van der Waals surface area contributed by atoms with Crippen LogP contribution in [0.25, 0.3) is 0 Å². The molecule has 19 heavy (non-hydrogen) atoms. The Balaban J connectivity index is 2.34. The second-order valence-electron chi connectivity index (χ2n) is 7.45. The van der Waals surface area contributed by atoms with Crippen LogP contribution in [0.15, 0.2) is 5.38 Å². The first-order chi connectivity index (χ1) is 8.69. The lowest BCUT2D eigenvalue weighted by Crippen LogP contribution is -2.49. The van der Waals surface area contributed by atoms with Crippen LogP contribution in [0.3, 0.4) is 0 Å². The normalized spacial score (nSPS) is 27.5. The molecule has 0 amide bonds. The summed E-state index contributed by atoms with van der Waals surface area (Å²) in [6.45, 7) is 11.4. The Labute approximate surface area is 125 Å². The minimum Gasteiger partial charge on any atom is -0.308 e. The molecule has 0 radical (unpaired) electrons. The lowest BCUT2D eigenvalue weighted by molar-refractivity contribution is 0.235. The van der Waals surface area contributed by atoms with Crippen LogP contribution in [0.5, 0.6) is 0 Å². The third kappa shape index (κ3) is 3.17. The maximum Gasteiger partial charge on any atom is 0.114 e. The quantitative estimate of drug-likeness (QED) is 0.892. The molecule has 1 aliphatic rings. The molecule has 1 aromatic rings. The Kier molecular flexibility index (Phi) is 4.07. The fourth-order valence-corrected chi connectivity index (χ4v) is 5.50. The molecule has 0 aliphatic carbocycles. The van der Waals surface area contributed by atoms with Crippen molar-refractivity contribution in [3.63, 3.8) is 0 Å². The average molecular weight is 299 g/mol. The van der Waals surface area contributed by atoms with Crippen molar-refractivity contribution < 1.29 is 0 Å². The summed E-state index contributed by atoms with van der Waals surface area (Å²) in [7, 11) is 2.08. The van der Waals surface area contributed by atoms with Gasteiger partial charge in [-0.2, -0.15) is 11.8 Å². The Bertz CT molecular complexity index is 445. The van der Waals surface area contributed by atoms with Gasteiger partial charge >= 0.3 is 0 Å². The molecule has 1 fully saturated rings. The van der Waals surface area contributed by atoms with Gasteiger partial charge in [0.2, 0.25) is 0 Å². The SMILES string of the molecule is CNC1(c2nc(C(C)(C)C)cs2)CSCC(C)(C)C1. The van der Waals surface area contributed by atoms with E-state index < -0.39 is 0 Å². The van der Waals surface area contributed by atoms with Gasteiger partial charge in [0.05, 0.1) is 11.2 Å². The molecule has 1 aliphatic heterocycles. The molecule has 2 rings (SSSR count). The van der Waals surface area contributed by atoms with Crippen LogP contribution < -0.4 is 5.32 Å². The first-order valence-corrected chi connectivity index (χ1v) is 8.95. The largest absolute Gasteiger partial charge is 0.308 e.